The van der Waals surface area contributed by atoms with Crippen molar-refractivity contribution < 1.29 is 9.53 Å². The van der Waals surface area contributed by atoms with Gasteiger partial charge in [-0.2, -0.15) is 0 Å². The third-order valence-electron chi connectivity index (χ3n) is 4.37. The first-order valence-electron chi connectivity index (χ1n) is 7.97. The van der Waals surface area contributed by atoms with E-state index in [0.29, 0.717) is 6.04 Å². The Balaban J connectivity index is 1.53. The molecule has 1 aromatic carbocycles. The van der Waals surface area contributed by atoms with Crippen LogP contribution in [0.1, 0.15) is 30.9 Å². The normalized spacial score (nSPS) is 27.5. The van der Waals surface area contributed by atoms with Crippen LogP contribution in [0.25, 0.3) is 0 Å². The topological polar surface area (TPSA) is 41.6 Å². The highest BCUT2D eigenvalue weighted by atomic mass is 32.2. The average Bonchev–Trinajstić information content (AvgIpc) is 3.01. The molecule has 3 rings (SSSR count). The third-order valence-corrected chi connectivity index (χ3v) is 5.50. The second-order valence-electron chi connectivity index (χ2n) is 6.19. The minimum absolute atomic E-state index is 0.0851. The summed E-state index contributed by atoms with van der Waals surface area (Å²) in [5.74, 6) is 1.24. The van der Waals surface area contributed by atoms with E-state index in [-0.39, 0.29) is 18.1 Å². The number of carbonyl (C=O) groups excluding carboxylic acids is 1. The van der Waals surface area contributed by atoms with E-state index in [9.17, 15) is 4.79 Å². The lowest BCUT2D eigenvalue weighted by Crippen LogP contribution is -2.36. The first-order chi connectivity index (χ1) is 10.6. The van der Waals surface area contributed by atoms with Gasteiger partial charge in [-0.25, -0.2) is 0 Å². The molecule has 3 unspecified atom stereocenters. The van der Waals surface area contributed by atoms with Crippen LogP contribution in [0.15, 0.2) is 29.2 Å². The summed E-state index contributed by atoms with van der Waals surface area (Å²) >= 11 is 1.94. The molecule has 2 aliphatic heterocycles. The summed E-state index contributed by atoms with van der Waals surface area (Å²) in [5, 5.41) is 3.65. The molecule has 1 amide bonds. The Morgan fingerprint density at radius 2 is 2.14 bits per heavy atom. The molecule has 4 nitrogen and oxygen atoms in total. The minimum atomic E-state index is -0.254. The first kappa shape index (κ1) is 15.8. The number of nitrogens with one attached hydrogen (secondary N) is 1. The van der Waals surface area contributed by atoms with Gasteiger partial charge >= 0.3 is 0 Å². The van der Waals surface area contributed by atoms with E-state index in [0.717, 1.165) is 31.6 Å². The van der Waals surface area contributed by atoms with Gasteiger partial charge in [-0.3, -0.25) is 4.79 Å². The molecular weight excluding hydrogens is 296 g/mol. The maximum atomic E-state index is 11.9. The van der Waals surface area contributed by atoms with Crippen molar-refractivity contribution in [2.24, 2.45) is 0 Å². The molecule has 1 saturated heterocycles. The molecule has 0 aromatic heterocycles. The Labute approximate surface area is 136 Å². The Hall–Kier alpha value is -1.04. The second-order valence-corrected chi connectivity index (χ2v) is 7.33. The van der Waals surface area contributed by atoms with Crippen molar-refractivity contribution in [2.45, 2.75) is 42.4 Å². The van der Waals surface area contributed by atoms with Crippen molar-refractivity contribution in [1.29, 1.82) is 0 Å². The number of thioether (sulfide) groups is 1. The minimum Gasteiger partial charge on any atom is -0.364 e. The molecule has 1 aromatic rings. The standard InChI is InChI=1S/C17H24N2O2S/c1-19(2)17(20)15-8-7-12(21-15)11-18-14-9-10-22-16-6-4-3-5-13(14)16/h3-6,12,14-15,18H,7-11H2,1-2H3. The predicted octanol–water partition coefficient (Wildman–Crippen LogP) is 2.45. The van der Waals surface area contributed by atoms with E-state index in [1.165, 1.54) is 10.5 Å². The van der Waals surface area contributed by atoms with Crippen LogP contribution in [0, 0.1) is 0 Å². The van der Waals surface area contributed by atoms with Crippen LogP contribution in [0.3, 0.4) is 0 Å². The average molecular weight is 320 g/mol. The van der Waals surface area contributed by atoms with Crippen molar-refractivity contribution in [3.63, 3.8) is 0 Å². The summed E-state index contributed by atoms with van der Waals surface area (Å²) in [6.45, 7) is 0.820. The molecule has 2 aliphatic rings. The van der Waals surface area contributed by atoms with Gasteiger partial charge in [0.15, 0.2) is 0 Å². The zero-order chi connectivity index (χ0) is 15.5. The summed E-state index contributed by atoms with van der Waals surface area (Å²) in [4.78, 5) is 14.9. The molecule has 1 N–H and O–H groups in total. The van der Waals surface area contributed by atoms with Crippen molar-refractivity contribution in [3.05, 3.63) is 29.8 Å². The molecule has 0 saturated carbocycles. The first-order valence-corrected chi connectivity index (χ1v) is 8.95. The van der Waals surface area contributed by atoms with E-state index in [2.05, 4.69) is 29.6 Å². The summed E-state index contributed by atoms with van der Waals surface area (Å²) in [5.41, 5.74) is 1.40. The van der Waals surface area contributed by atoms with Crippen LogP contribution >= 0.6 is 11.8 Å². The van der Waals surface area contributed by atoms with E-state index in [4.69, 9.17) is 4.74 Å². The fourth-order valence-corrected chi connectivity index (χ4v) is 4.28. The molecule has 120 valence electrons. The van der Waals surface area contributed by atoms with Crippen molar-refractivity contribution in [1.82, 2.24) is 10.2 Å². The molecule has 22 heavy (non-hydrogen) atoms. The Morgan fingerprint density at radius 3 is 2.95 bits per heavy atom. The highest BCUT2D eigenvalue weighted by molar-refractivity contribution is 7.99. The number of amides is 1. The Morgan fingerprint density at radius 1 is 1.32 bits per heavy atom. The Bertz CT molecular complexity index is 535. The van der Waals surface area contributed by atoms with Gasteiger partial charge in [-0.15, -0.1) is 11.8 Å². The summed E-state index contributed by atoms with van der Waals surface area (Å²) in [7, 11) is 3.57. The van der Waals surface area contributed by atoms with Crippen molar-refractivity contribution in [2.75, 3.05) is 26.4 Å². The number of likely N-dealkylation sites (N-methyl/N-ethyl adjacent to an activating group) is 1. The van der Waals surface area contributed by atoms with E-state index in [1.54, 1.807) is 19.0 Å². The molecule has 2 heterocycles. The monoisotopic (exact) mass is 320 g/mol. The molecule has 1 fully saturated rings. The van der Waals surface area contributed by atoms with Gasteiger partial charge in [-0.1, -0.05) is 18.2 Å². The maximum Gasteiger partial charge on any atom is 0.251 e. The van der Waals surface area contributed by atoms with Gasteiger partial charge in [0.05, 0.1) is 6.10 Å². The molecule has 5 heteroatoms. The molecule has 0 radical (unpaired) electrons. The summed E-state index contributed by atoms with van der Waals surface area (Å²) in [6, 6.07) is 9.03. The highest BCUT2D eigenvalue weighted by Crippen LogP contribution is 2.36. The van der Waals surface area contributed by atoms with Crippen molar-refractivity contribution in [3.8, 4) is 0 Å². The lowest BCUT2D eigenvalue weighted by molar-refractivity contribution is -0.140. The van der Waals surface area contributed by atoms with Gasteiger partial charge in [-0.05, 0) is 36.6 Å². The summed E-state index contributed by atoms with van der Waals surface area (Å²) in [6.07, 6.45) is 2.83. The predicted molar refractivity (Wildman–Crippen MR) is 89.1 cm³/mol. The largest absolute Gasteiger partial charge is 0.364 e. The van der Waals surface area contributed by atoms with Crippen LogP contribution in [-0.4, -0.2) is 49.4 Å². The zero-order valence-electron chi connectivity index (χ0n) is 13.2. The van der Waals surface area contributed by atoms with Gasteiger partial charge in [0.1, 0.15) is 6.10 Å². The number of rotatable bonds is 4. The van der Waals surface area contributed by atoms with E-state index < -0.39 is 0 Å². The van der Waals surface area contributed by atoms with Gasteiger partial charge in [0, 0.05) is 31.6 Å². The number of hydrogen-bond acceptors (Lipinski definition) is 4. The van der Waals surface area contributed by atoms with Gasteiger partial charge in [0.25, 0.3) is 5.91 Å². The fourth-order valence-electron chi connectivity index (χ4n) is 3.15. The number of ether oxygens (including phenoxy) is 1. The quantitative estimate of drug-likeness (QED) is 0.925. The van der Waals surface area contributed by atoms with Gasteiger partial charge < -0.3 is 15.0 Å². The molecule has 0 bridgehead atoms. The molecule has 3 atom stereocenters. The van der Waals surface area contributed by atoms with E-state index >= 15 is 0 Å². The van der Waals surface area contributed by atoms with Crippen LogP contribution in [0.4, 0.5) is 0 Å². The second kappa shape index (κ2) is 7.02. The van der Waals surface area contributed by atoms with E-state index in [1.807, 2.05) is 11.8 Å². The Kier molecular flexibility index (Phi) is 5.06. The van der Waals surface area contributed by atoms with Crippen LogP contribution < -0.4 is 5.32 Å². The van der Waals surface area contributed by atoms with Crippen molar-refractivity contribution >= 4 is 17.7 Å². The summed E-state index contributed by atoms with van der Waals surface area (Å²) < 4.78 is 5.90. The molecule has 0 aliphatic carbocycles. The van der Waals surface area contributed by atoms with Crippen LogP contribution in [-0.2, 0) is 9.53 Å². The SMILES string of the molecule is CN(C)C(=O)C1CCC(CNC2CCSc3ccccc32)O1. The lowest BCUT2D eigenvalue weighted by Gasteiger charge is -2.27. The smallest absolute Gasteiger partial charge is 0.251 e. The number of carbonyl (C=O) groups is 1. The van der Waals surface area contributed by atoms with Gasteiger partial charge in [0.2, 0.25) is 0 Å². The number of nitrogens with zero attached hydrogens (tertiary/aromatic N) is 1. The maximum absolute atomic E-state index is 11.9. The fraction of sp³-hybridized carbons (Fsp3) is 0.588. The molecular formula is C17H24N2O2S. The van der Waals surface area contributed by atoms with Crippen LogP contribution in [0.2, 0.25) is 0 Å². The number of fused-ring (bicyclic) bond motifs is 1. The zero-order valence-corrected chi connectivity index (χ0v) is 14.1. The third kappa shape index (κ3) is 3.47. The number of benzene rings is 1. The number of hydrogen-bond donors (Lipinski definition) is 1. The lowest BCUT2D eigenvalue weighted by atomic mass is 10.0. The molecule has 0 spiro atoms. The highest BCUT2D eigenvalue weighted by Gasteiger charge is 2.32. The van der Waals surface area contributed by atoms with Crippen LogP contribution in [0.5, 0.6) is 0 Å².